The van der Waals surface area contributed by atoms with Crippen molar-refractivity contribution in [2.75, 3.05) is 26.2 Å². The summed E-state index contributed by atoms with van der Waals surface area (Å²) in [5.74, 6) is 0.000498. The summed E-state index contributed by atoms with van der Waals surface area (Å²) in [5.41, 5.74) is 2.11. The number of piperidine rings is 1. The maximum atomic E-state index is 12.6. The third kappa shape index (κ3) is 3.54. The van der Waals surface area contributed by atoms with Gasteiger partial charge in [0.2, 0.25) is 0 Å². The predicted octanol–water partition coefficient (Wildman–Crippen LogP) is 3.53. The van der Waals surface area contributed by atoms with Crippen LogP contribution in [-0.2, 0) is 23.2 Å². The molecule has 2 aromatic rings. The van der Waals surface area contributed by atoms with E-state index in [4.69, 9.17) is 16.3 Å². The number of carbonyl (C=O) groups excluding carboxylic acids is 1. The highest BCUT2D eigenvalue weighted by atomic mass is 35.5. The number of thiophene rings is 1. The van der Waals surface area contributed by atoms with Crippen molar-refractivity contribution in [3.05, 3.63) is 56.2 Å². The van der Waals surface area contributed by atoms with Crippen LogP contribution in [0.25, 0.3) is 0 Å². The van der Waals surface area contributed by atoms with Crippen molar-refractivity contribution < 1.29 is 9.53 Å². The summed E-state index contributed by atoms with van der Waals surface area (Å²) in [6, 6.07) is 9.82. The van der Waals surface area contributed by atoms with Gasteiger partial charge < -0.3 is 15.4 Å². The molecule has 1 fully saturated rings. The van der Waals surface area contributed by atoms with E-state index in [9.17, 15) is 4.79 Å². The Morgan fingerprint density at radius 2 is 2.12 bits per heavy atom. The summed E-state index contributed by atoms with van der Waals surface area (Å²) in [6.45, 7) is 3.26. The zero-order valence-electron chi connectivity index (χ0n) is 14.6. The van der Waals surface area contributed by atoms with Crippen LogP contribution in [0.4, 0.5) is 0 Å². The number of hydrogen-bond acceptors (Lipinski definition) is 4. The van der Waals surface area contributed by atoms with E-state index in [1.807, 2.05) is 24.3 Å². The number of nitrogens with one attached hydrogen (secondary N) is 2. The van der Waals surface area contributed by atoms with Crippen LogP contribution in [0.3, 0.4) is 0 Å². The molecule has 2 aliphatic heterocycles. The first-order valence-electron chi connectivity index (χ1n) is 9.17. The van der Waals surface area contributed by atoms with Gasteiger partial charge in [-0.25, -0.2) is 0 Å². The number of rotatable bonds is 4. The van der Waals surface area contributed by atoms with Crippen molar-refractivity contribution >= 4 is 28.8 Å². The van der Waals surface area contributed by atoms with Gasteiger partial charge in [0.05, 0.1) is 17.1 Å². The lowest BCUT2D eigenvalue weighted by Gasteiger charge is -2.40. The Bertz CT molecular complexity index is 799. The fourth-order valence-corrected chi connectivity index (χ4v) is 5.25. The van der Waals surface area contributed by atoms with Crippen molar-refractivity contribution in [2.45, 2.75) is 31.3 Å². The minimum Gasteiger partial charge on any atom is -0.370 e. The number of halogens is 1. The van der Waals surface area contributed by atoms with Gasteiger partial charge in [-0.15, -0.1) is 11.3 Å². The molecule has 0 unspecified atom stereocenters. The number of amides is 1. The largest absolute Gasteiger partial charge is 0.370 e. The molecule has 0 aliphatic carbocycles. The van der Waals surface area contributed by atoms with E-state index in [0.717, 1.165) is 60.8 Å². The highest BCUT2D eigenvalue weighted by molar-refractivity contribution is 7.14. The highest BCUT2D eigenvalue weighted by Gasteiger charge is 2.40. The number of fused-ring (bicyclic) bond motifs is 2. The molecular formula is C20H23ClN2O2S. The van der Waals surface area contributed by atoms with Gasteiger partial charge in [0.1, 0.15) is 0 Å². The summed E-state index contributed by atoms with van der Waals surface area (Å²) in [5, 5.41) is 7.18. The van der Waals surface area contributed by atoms with Gasteiger partial charge in [-0.3, -0.25) is 4.79 Å². The average molecular weight is 391 g/mol. The highest BCUT2D eigenvalue weighted by Crippen LogP contribution is 2.43. The monoisotopic (exact) mass is 390 g/mol. The van der Waals surface area contributed by atoms with Crippen LogP contribution >= 0.6 is 22.9 Å². The zero-order valence-corrected chi connectivity index (χ0v) is 16.2. The second-order valence-corrected chi connectivity index (χ2v) is 8.43. The first kappa shape index (κ1) is 18.0. The van der Waals surface area contributed by atoms with E-state index in [-0.39, 0.29) is 11.5 Å². The van der Waals surface area contributed by atoms with E-state index in [1.54, 1.807) is 11.3 Å². The fraction of sp³-hybridized carbons (Fsp3) is 0.450. The number of hydrogen-bond donors (Lipinski definition) is 2. The summed E-state index contributed by atoms with van der Waals surface area (Å²) in [6.07, 6.45) is 3.59. The van der Waals surface area contributed by atoms with Crippen molar-refractivity contribution in [3.8, 4) is 0 Å². The van der Waals surface area contributed by atoms with Crippen LogP contribution in [0.1, 0.15) is 38.5 Å². The molecular weight excluding hydrogens is 368 g/mol. The first-order chi connectivity index (χ1) is 12.7. The molecule has 3 heterocycles. The van der Waals surface area contributed by atoms with Crippen LogP contribution in [0.15, 0.2) is 30.3 Å². The third-order valence-electron chi connectivity index (χ3n) is 5.28. The van der Waals surface area contributed by atoms with Crippen molar-refractivity contribution in [2.24, 2.45) is 0 Å². The summed E-state index contributed by atoms with van der Waals surface area (Å²) >= 11 is 7.80. The molecule has 2 aliphatic rings. The summed E-state index contributed by atoms with van der Waals surface area (Å²) in [7, 11) is 0. The van der Waals surface area contributed by atoms with E-state index < -0.39 is 0 Å². The molecule has 26 heavy (non-hydrogen) atoms. The maximum absolute atomic E-state index is 12.6. The lowest BCUT2D eigenvalue weighted by atomic mass is 9.83. The molecule has 6 heteroatoms. The Labute approximate surface area is 162 Å². The Morgan fingerprint density at radius 3 is 2.92 bits per heavy atom. The normalized spacial score (nSPS) is 18.5. The molecule has 4 nitrogen and oxygen atoms in total. The Balaban J connectivity index is 1.44. The molecule has 1 aromatic heterocycles. The second kappa shape index (κ2) is 7.69. The number of carbonyl (C=O) groups is 1. The first-order valence-corrected chi connectivity index (χ1v) is 10.4. The van der Waals surface area contributed by atoms with Crippen LogP contribution in [0, 0.1) is 0 Å². The van der Waals surface area contributed by atoms with Gasteiger partial charge >= 0.3 is 0 Å². The third-order valence-corrected chi connectivity index (χ3v) is 6.84. The van der Waals surface area contributed by atoms with Gasteiger partial charge in [-0.1, -0.05) is 29.8 Å². The van der Waals surface area contributed by atoms with Gasteiger partial charge in [0, 0.05) is 22.9 Å². The van der Waals surface area contributed by atoms with Crippen LogP contribution in [0.2, 0.25) is 5.02 Å². The van der Waals surface area contributed by atoms with Crippen LogP contribution < -0.4 is 10.6 Å². The molecule has 2 N–H and O–H groups in total. The standard InChI is InChI=1S/C20H23ClN2O2S/c21-16-4-2-1-3-14(16)5-9-23-19(24)18-13-15-17(26-18)6-12-25-20(15)7-10-22-11-8-20/h1-4,13,22H,5-12H2,(H,23,24). The van der Waals surface area contributed by atoms with Gasteiger partial charge in [-0.2, -0.15) is 0 Å². The smallest absolute Gasteiger partial charge is 0.261 e. The van der Waals surface area contributed by atoms with Crippen molar-refractivity contribution in [1.29, 1.82) is 0 Å². The second-order valence-electron chi connectivity index (χ2n) is 6.89. The SMILES string of the molecule is O=C(NCCc1ccccc1Cl)c1cc2c(s1)CCOC21CCNCC1. The summed E-state index contributed by atoms with van der Waals surface area (Å²) < 4.78 is 6.20. The average Bonchev–Trinajstić information content (AvgIpc) is 3.10. The molecule has 1 saturated heterocycles. The summed E-state index contributed by atoms with van der Waals surface area (Å²) in [4.78, 5) is 14.7. The Hall–Kier alpha value is -1.40. The number of benzene rings is 1. The molecule has 0 radical (unpaired) electrons. The topological polar surface area (TPSA) is 50.4 Å². The van der Waals surface area contributed by atoms with Crippen molar-refractivity contribution in [1.82, 2.24) is 10.6 Å². The van der Waals surface area contributed by atoms with E-state index in [1.165, 1.54) is 10.4 Å². The maximum Gasteiger partial charge on any atom is 0.261 e. The number of ether oxygens (including phenoxy) is 1. The molecule has 1 amide bonds. The van der Waals surface area contributed by atoms with Gasteiger partial charge in [0.15, 0.2) is 0 Å². The Kier molecular flexibility index (Phi) is 5.32. The predicted molar refractivity (Wildman–Crippen MR) is 105 cm³/mol. The molecule has 1 aromatic carbocycles. The van der Waals surface area contributed by atoms with Gasteiger partial charge in [0.25, 0.3) is 5.91 Å². The van der Waals surface area contributed by atoms with E-state index in [2.05, 4.69) is 16.7 Å². The lowest BCUT2D eigenvalue weighted by Crippen LogP contribution is -2.44. The van der Waals surface area contributed by atoms with Gasteiger partial charge in [-0.05, 0) is 55.6 Å². The van der Waals surface area contributed by atoms with Crippen LogP contribution in [-0.4, -0.2) is 32.1 Å². The molecule has 0 saturated carbocycles. The molecule has 138 valence electrons. The van der Waals surface area contributed by atoms with Crippen molar-refractivity contribution in [3.63, 3.8) is 0 Å². The quantitative estimate of drug-likeness (QED) is 0.839. The molecule has 4 rings (SSSR count). The Morgan fingerprint density at radius 1 is 1.31 bits per heavy atom. The minimum atomic E-state index is -0.189. The van der Waals surface area contributed by atoms with E-state index in [0.29, 0.717) is 6.54 Å². The molecule has 1 spiro atoms. The zero-order chi connectivity index (χ0) is 18.0. The van der Waals surface area contributed by atoms with Crippen LogP contribution in [0.5, 0.6) is 0 Å². The molecule has 0 atom stereocenters. The lowest BCUT2D eigenvalue weighted by molar-refractivity contribution is -0.0792. The van der Waals surface area contributed by atoms with E-state index >= 15 is 0 Å². The fourth-order valence-electron chi connectivity index (χ4n) is 3.87. The minimum absolute atomic E-state index is 0.000498. The molecule has 0 bridgehead atoms.